The summed E-state index contributed by atoms with van der Waals surface area (Å²) in [6.45, 7) is 10.8. The van der Waals surface area contributed by atoms with E-state index in [9.17, 15) is 23.2 Å². The summed E-state index contributed by atoms with van der Waals surface area (Å²) in [4.78, 5) is 40.3. The van der Waals surface area contributed by atoms with E-state index in [0.29, 0.717) is 13.3 Å². The van der Waals surface area contributed by atoms with E-state index in [-0.39, 0.29) is 23.9 Å². The molecule has 2 aliphatic carbocycles. The van der Waals surface area contributed by atoms with Gasteiger partial charge in [-0.15, -0.1) is 0 Å². The fraction of sp³-hybridized carbons (Fsp3) is 0.857. The number of nitrogens with zero attached hydrogens (tertiary/aromatic N) is 1. The smallest absolute Gasteiger partial charge is 0.311 e. The van der Waals surface area contributed by atoms with E-state index in [0.717, 1.165) is 6.92 Å². The van der Waals surface area contributed by atoms with Gasteiger partial charge in [-0.05, 0) is 53.9 Å². The molecular formula is C21H31F2NO5. The van der Waals surface area contributed by atoms with E-state index in [2.05, 4.69) is 0 Å². The summed E-state index contributed by atoms with van der Waals surface area (Å²) in [6.07, 6.45) is -1.69. The molecule has 8 heteroatoms. The number of ether oxygens (including phenoxy) is 2. The summed E-state index contributed by atoms with van der Waals surface area (Å²) in [5.41, 5.74) is -0.735. The summed E-state index contributed by atoms with van der Waals surface area (Å²) in [7, 11) is 0. The van der Waals surface area contributed by atoms with Crippen molar-refractivity contribution in [3.8, 4) is 0 Å². The summed E-state index contributed by atoms with van der Waals surface area (Å²) < 4.78 is 38.0. The van der Waals surface area contributed by atoms with Crippen LogP contribution in [-0.2, 0) is 23.9 Å². The number of carbonyl (C=O) groups is 3. The molecule has 0 radical (unpaired) electrons. The van der Waals surface area contributed by atoms with Crippen LogP contribution >= 0.6 is 0 Å². The Morgan fingerprint density at radius 1 is 1.10 bits per heavy atom. The molecule has 3 aliphatic rings. The van der Waals surface area contributed by atoms with Crippen LogP contribution in [0.2, 0.25) is 0 Å². The molecule has 0 aromatic heterocycles. The normalized spacial score (nSPS) is 34.7. The van der Waals surface area contributed by atoms with Crippen molar-refractivity contribution in [2.24, 2.45) is 29.1 Å². The van der Waals surface area contributed by atoms with Gasteiger partial charge in [0.05, 0.1) is 23.3 Å². The molecule has 164 valence electrons. The molecule has 6 nitrogen and oxygen atoms in total. The third kappa shape index (κ3) is 3.52. The van der Waals surface area contributed by atoms with Crippen molar-refractivity contribution < 1.29 is 32.6 Å². The first-order valence-corrected chi connectivity index (χ1v) is 10.3. The Balaban J connectivity index is 1.91. The quantitative estimate of drug-likeness (QED) is 0.646. The summed E-state index contributed by atoms with van der Waals surface area (Å²) in [5, 5.41) is 0. The highest BCUT2D eigenvalue weighted by Crippen LogP contribution is 2.60. The largest absolute Gasteiger partial charge is 0.459 e. The SMILES string of the molecule is CC(C)N1C(=O)C2C3CC(C(OC(=O)C(C)(C)C)C31)C2C(=O)OC(C)C(C)(F)F. The van der Waals surface area contributed by atoms with Crippen molar-refractivity contribution in [3.05, 3.63) is 0 Å². The molecule has 1 heterocycles. The van der Waals surface area contributed by atoms with Gasteiger partial charge in [0.2, 0.25) is 5.91 Å². The first-order chi connectivity index (χ1) is 13.2. The maximum absolute atomic E-state index is 13.5. The van der Waals surface area contributed by atoms with Crippen molar-refractivity contribution in [2.75, 3.05) is 0 Å². The minimum atomic E-state index is -3.18. The van der Waals surface area contributed by atoms with Crippen LogP contribution in [0.3, 0.4) is 0 Å². The second-order valence-electron chi connectivity index (χ2n) is 10.1. The number of hydrogen-bond donors (Lipinski definition) is 0. The van der Waals surface area contributed by atoms with E-state index in [1.165, 1.54) is 0 Å². The molecule has 7 unspecified atom stereocenters. The summed E-state index contributed by atoms with van der Waals surface area (Å²) >= 11 is 0. The van der Waals surface area contributed by atoms with Gasteiger partial charge in [0.25, 0.3) is 5.92 Å². The average Bonchev–Trinajstić information content (AvgIpc) is 3.14. The minimum absolute atomic E-state index is 0.122. The predicted molar refractivity (Wildman–Crippen MR) is 99.9 cm³/mol. The monoisotopic (exact) mass is 415 g/mol. The van der Waals surface area contributed by atoms with Gasteiger partial charge in [0.15, 0.2) is 6.10 Å². The lowest BCUT2D eigenvalue weighted by Crippen LogP contribution is -2.49. The van der Waals surface area contributed by atoms with E-state index in [1.54, 1.807) is 25.7 Å². The highest BCUT2D eigenvalue weighted by Gasteiger charge is 2.71. The fourth-order valence-corrected chi connectivity index (χ4v) is 5.08. The molecule has 1 aliphatic heterocycles. The zero-order chi connectivity index (χ0) is 22.0. The Morgan fingerprint density at radius 3 is 2.17 bits per heavy atom. The van der Waals surface area contributed by atoms with Crippen LogP contribution in [-0.4, -0.2) is 53.0 Å². The number of likely N-dealkylation sites (tertiary alicyclic amines) is 1. The van der Waals surface area contributed by atoms with Gasteiger partial charge < -0.3 is 14.4 Å². The van der Waals surface area contributed by atoms with Gasteiger partial charge in [0.1, 0.15) is 6.10 Å². The number of carbonyl (C=O) groups excluding carboxylic acids is 3. The Kier molecular flexibility index (Phi) is 5.23. The predicted octanol–water partition coefficient (Wildman–Crippen LogP) is 3.03. The molecule has 3 rings (SSSR count). The lowest BCUT2D eigenvalue weighted by molar-refractivity contribution is -0.181. The number of amides is 1. The van der Waals surface area contributed by atoms with Crippen LogP contribution in [0.25, 0.3) is 0 Å². The topological polar surface area (TPSA) is 72.9 Å². The Hall–Kier alpha value is -1.73. The Bertz CT molecular complexity index is 711. The number of alkyl halides is 2. The van der Waals surface area contributed by atoms with Crippen LogP contribution in [0.1, 0.15) is 54.9 Å². The molecule has 1 saturated heterocycles. The molecular weight excluding hydrogens is 384 g/mol. The van der Waals surface area contributed by atoms with Crippen molar-refractivity contribution in [3.63, 3.8) is 0 Å². The summed E-state index contributed by atoms with van der Waals surface area (Å²) in [6, 6.07) is -0.402. The molecule has 29 heavy (non-hydrogen) atoms. The number of hydrogen-bond acceptors (Lipinski definition) is 5. The molecule has 7 atom stereocenters. The summed E-state index contributed by atoms with van der Waals surface area (Å²) in [5.74, 6) is -6.57. The van der Waals surface area contributed by atoms with E-state index in [4.69, 9.17) is 9.47 Å². The zero-order valence-electron chi connectivity index (χ0n) is 18.1. The van der Waals surface area contributed by atoms with Crippen molar-refractivity contribution >= 4 is 17.8 Å². The fourth-order valence-electron chi connectivity index (χ4n) is 5.08. The second kappa shape index (κ2) is 6.91. The van der Waals surface area contributed by atoms with Crippen molar-refractivity contribution in [1.29, 1.82) is 0 Å². The third-order valence-corrected chi connectivity index (χ3v) is 6.60. The van der Waals surface area contributed by atoms with Crippen LogP contribution in [0, 0.1) is 29.1 Å². The minimum Gasteiger partial charge on any atom is -0.459 e. The molecule has 2 saturated carbocycles. The van der Waals surface area contributed by atoms with Gasteiger partial charge >= 0.3 is 11.9 Å². The van der Waals surface area contributed by atoms with E-state index >= 15 is 0 Å². The van der Waals surface area contributed by atoms with Crippen LogP contribution in [0.5, 0.6) is 0 Å². The number of rotatable bonds is 5. The highest BCUT2D eigenvalue weighted by atomic mass is 19.3. The molecule has 1 amide bonds. The standard InChI is InChI=1S/C21H31F2NO5/c1-9(2)24-15-11-8-12(16(15)29-19(27)20(4,5)6)14(13(11)17(24)25)18(26)28-10(3)21(7,22)23/h9-16H,8H2,1-7H3. The Labute approximate surface area is 170 Å². The van der Waals surface area contributed by atoms with Gasteiger partial charge in [-0.25, -0.2) is 8.78 Å². The molecule has 0 aromatic carbocycles. The van der Waals surface area contributed by atoms with E-state index < -0.39 is 53.2 Å². The van der Waals surface area contributed by atoms with Crippen LogP contribution < -0.4 is 0 Å². The van der Waals surface area contributed by atoms with Gasteiger partial charge in [0, 0.05) is 18.9 Å². The lowest BCUT2D eigenvalue weighted by Gasteiger charge is -2.36. The third-order valence-electron chi connectivity index (χ3n) is 6.60. The first-order valence-electron chi connectivity index (χ1n) is 10.3. The van der Waals surface area contributed by atoms with Crippen molar-refractivity contribution in [2.45, 2.75) is 85.1 Å². The van der Waals surface area contributed by atoms with Gasteiger partial charge in [-0.3, -0.25) is 14.4 Å². The molecule has 0 N–H and O–H groups in total. The lowest BCUT2D eigenvalue weighted by atomic mass is 9.78. The molecule has 0 spiro atoms. The average molecular weight is 415 g/mol. The number of fused-ring (bicyclic) bond motifs is 1. The first kappa shape index (κ1) is 22.0. The van der Waals surface area contributed by atoms with E-state index in [1.807, 2.05) is 13.8 Å². The Morgan fingerprint density at radius 2 is 1.69 bits per heavy atom. The van der Waals surface area contributed by atoms with Crippen molar-refractivity contribution in [1.82, 2.24) is 4.90 Å². The molecule has 3 fully saturated rings. The van der Waals surface area contributed by atoms with Crippen LogP contribution in [0.15, 0.2) is 0 Å². The highest BCUT2D eigenvalue weighted by molar-refractivity contribution is 5.90. The van der Waals surface area contributed by atoms with Gasteiger partial charge in [-0.2, -0.15) is 0 Å². The number of halogens is 2. The van der Waals surface area contributed by atoms with Crippen LogP contribution in [0.4, 0.5) is 8.78 Å². The maximum atomic E-state index is 13.5. The maximum Gasteiger partial charge on any atom is 0.311 e. The molecule has 2 bridgehead atoms. The molecule has 0 aromatic rings. The number of esters is 2. The zero-order valence-corrected chi connectivity index (χ0v) is 18.1. The van der Waals surface area contributed by atoms with Gasteiger partial charge in [-0.1, -0.05) is 0 Å². The second-order valence-corrected chi connectivity index (χ2v) is 10.1.